The van der Waals surface area contributed by atoms with Crippen LogP contribution in [0.25, 0.3) is 0 Å². The van der Waals surface area contributed by atoms with Crippen LogP contribution in [-0.2, 0) is 16.1 Å². The van der Waals surface area contributed by atoms with Crippen molar-refractivity contribution in [1.82, 2.24) is 10.6 Å². The van der Waals surface area contributed by atoms with Gasteiger partial charge in [-0.3, -0.25) is 9.59 Å². The molecule has 3 N–H and O–H groups in total. The Morgan fingerprint density at radius 2 is 1.76 bits per heavy atom. The van der Waals surface area contributed by atoms with Crippen LogP contribution in [0.1, 0.15) is 16.5 Å². The van der Waals surface area contributed by atoms with Crippen LogP contribution in [0.3, 0.4) is 0 Å². The SMILES string of the molecule is O=C(NCc1ccccc1)C(=O)NCC(O)c1cccs1. The van der Waals surface area contributed by atoms with E-state index in [0.29, 0.717) is 6.54 Å². The average molecular weight is 304 g/mol. The second-order valence-corrected chi connectivity index (χ2v) is 5.39. The molecule has 0 bridgehead atoms. The van der Waals surface area contributed by atoms with Gasteiger partial charge in [0.15, 0.2) is 0 Å². The number of nitrogens with one attached hydrogen (secondary N) is 2. The van der Waals surface area contributed by atoms with Crippen LogP contribution in [0.4, 0.5) is 0 Å². The lowest BCUT2D eigenvalue weighted by Gasteiger charge is -2.10. The van der Waals surface area contributed by atoms with Crippen LogP contribution in [0, 0.1) is 0 Å². The van der Waals surface area contributed by atoms with Crippen molar-refractivity contribution in [2.24, 2.45) is 0 Å². The number of rotatable bonds is 5. The summed E-state index contributed by atoms with van der Waals surface area (Å²) in [6.45, 7) is 0.304. The van der Waals surface area contributed by atoms with E-state index >= 15 is 0 Å². The predicted octanol–water partition coefficient (Wildman–Crippen LogP) is 1.21. The van der Waals surface area contributed by atoms with Crippen molar-refractivity contribution in [3.05, 3.63) is 58.3 Å². The standard InChI is InChI=1S/C15H16N2O3S/c18-12(13-7-4-8-21-13)10-17-15(20)14(19)16-9-11-5-2-1-3-6-11/h1-8,12,18H,9-10H2,(H,16,19)(H,17,20). The van der Waals surface area contributed by atoms with E-state index in [-0.39, 0.29) is 6.54 Å². The van der Waals surface area contributed by atoms with Gasteiger partial charge in [0, 0.05) is 18.0 Å². The molecule has 110 valence electrons. The molecule has 1 aromatic carbocycles. The van der Waals surface area contributed by atoms with Crippen LogP contribution in [0.15, 0.2) is 47.8 Å². The summed E-state index contributed by atoms with van der Waals surface area (Å²) >= 11 is 1.40. The van der Waals surface area contributed by atoms with Crippen LogP contribution >= 0.6 is 11.3 Å². The maximum Gasteiger partial charge on any atom is 0.309 e. The third kappa shape index (κ3) is 4.70. The molecule has 1 atom stereocenters. The van der Waals surface area contributed by atoms with Gasteiger partial charge in [0.25, 0.3) is 0 Å². The van der Waals surface area contributed by atoms with E-state index in [1.165, 1.54) is 11.3 Å². The molecule has 2 aromatic rings. The first kappa shape index (κ1) is 15.2. The van der Waals surface area contributed by atoms with Crippen LogP contribution < -0.4 is 10.6 Å². The largest absolute Gasteiger partial charge is 0.386 e. The van der Waals surface area contributed by atoms with Crippen molar-refractivity contribution >= 4 is 23.2 Å². The maximum atomic E-state index is 11.6. The third-order valence-corrected chi connectivity index (χ3v) is 3.80. The first-order chi connectivity index (χ1) is 10.2. The molecule has 0 spiro atoms. The van der Waals surface area contributed by atoms with Crippen molar-refractivity contribution in [3.63, 3.8) is 0 Å². The Bertz CT molecular complexity index is 584. The minimum absolute atomic E-state index is 0.0120. The second kappa shape index (κ2) is 7.56. The highest BCUT2D eigenvalue weighted by Gasteiger charge is 2.15. The maximum absolute atomic E-state index is 11.6. The summed E-state index contributed by atoms with van der Waals surface area (Å²) in [4.78, 5) is 24.0. The number of hydrogen-bond donors (Lipinski definition) is 3. The number of aliphatic hydroxyl groups excluding tert-OH is 1. The molecule has 1 heterocycles. The zero-order chi connectivity index (χ0) is 15.1. The Morgan fingerprint density at radius 3 is 2.43 bits per heavy atom. The van der Waals surface area contributed by atoms with Crippen molar-refractivity contribution < 1.29 is 14.7 Å². The second-order valence-electron chi connectivity index (χ2n) is 4.41. The first-order valence-corrected chi connectivity index (χ1v) is 7.36. The van der Waals surface area contributed by atoms with Gasteiger partial charge in [-0.15, -0.1) is 11.3 Å². The highest BCUT2D eigenvalue weighted by molar-refractivity contribution is 7.10. The highest BCUT2D eigenvalue weighted by atomic mass is 32.1. The average Bonchev–Trinajstić information content (AvgIpc) is 3.05. The van der Waals surface area contributed by atoms with E-state index in [2.05, 4.69) is 10.6 Å². The molecule has 2 amide bonds. The molecule has 5 nitrogen and oxygen atoms in total. The molecular formula is C15H16N2O3S. The fourth-order valence-corrected chi connectivity index (χ4v) is 2.42. The fourth-order valence-electron chi connectivity index (χ4n) is 1.71. The summed E-state index contributed by atoms with van der Waals surface area (Å²) in [7, 11) is 0. The van der Waals surface area contributed by atoms with Crippen LogP contribution in [0.5, 0.6) is 0 Å². The summed E-state index contributed by atoms with van der Waals surface area (Å²) in [5.41, 5.74) is 0.914. The zero-order valence-electron chi connectivity index (χ0n) is 11.3. The Labute approximate surface area is 126 Å². The summed E-state index contributed by atoms with van der Waals surface area (Å²) in [6, 6.07) is 12.9. The fraction of sp³-hybridized carbons (Fsp3) is 0.200. The number of aliphatic hydroxyl groups is 1. The Morgan fingerprint density at radius 1 is 1.05 bits per heavy atom. The van der Waals surface area contributed by atoms with Gasteiger partial charge in [-0.2, -0.15) is 0 Å². The number of carbonyl (C=O) groups is 2. The van der Waals surface area contributed by atoms with Gasteiger partial charge in [-0.05, 0) is 17.0 Å². The molecule has 0 aliphatic carbocycles. The van der Waals surface area contributed by atoms with E-state index < -0.39 is 17.9 Å². The number of carbonyl (C=O) groups excluding carboxylic acids is 2. The zero-order valence-corrected chi connectivity index (χ0v) is 12.1. The number of hydrogen-bond acceptors (Lipinski definition) is 4. The molecule has 2 rings (SSSR count). The van der Waals surface area contributed by atoms with Gasteiger partial charge in [0.2, 0.25) is 0 Å². The minimum atomic E-state index is -0.795. The summed E-state index contributed by atoms with van der Waals surface area (Å²) in [6.07, 6.45) is -0.795. The molecule has 21 heavy (non-hydrogen) atoms. The van der Waals surface area contributed by atoms with Crippen molar-refractivity contribution in [3.8, 4) is 0 Å². The van der Waals surface area contributed by atoms with E-state index in [1.54, 1.807) is 6.07 Å². The molecule has 0 saturated carbocycles. The third-order valence-electron chi connectivity index (χ3n) is 2.83. The van der Waals surface area contributed by atoms with Crippen molar-refractivity contribution in [1.29, 1.82) is 0 Å². The van der Waals surface area contributed by atoms with Gasteiger partial charge < -0.3 is 15.7 Å². The van der Waals surface area contributed by atoms with Crippen molar-refractivity contribution in [2.45, 2.75) is 12.6 Å². The molecular weight excluding hydrogens is 288 g/mol. The molecule has 0 aliphatic heterocycles. The lowest BCUT2D eigenvalue weighted by molar-refractivity contribution is -0.139. The lowest BCUT2D eigenvalue weighted by Crippen LogP contribution is -2.41. The van der Waals surface area contributed by atoms with Gasteiger partial charge >= 0.3 is 11.8 Å². The number of benzene rings is 1. The lowest BCUT2D eigenvalue weighted by atomic mass is 10.2. The summed E-state index contributed by atoms with van der Waals surface area (Å²) in [5.74, 6) is -1.46. The van der Waals surface area contributed by atoms with E-state index in [0.717, 1.165) is 10.4 Å². The summed E-state index contributed by atoms with van der Waals surface area (Å²) in [5, 5.41) is 16.6. The van der Waals surface area contributed by atoms with Gasteiger partial charge in [0.05, 0.1) is 0 Å². The number of amides is 2. The molecule has 0 fully saturated rings. The minimum Gasteiger partial charge on any atom is -0.386 e. The van der Waals surface area contributed by atoms with Crippen LogP contribution in [0.2, 0.25) is 0 Å². The highest BCUT2D eigenvalue weighted by Crippen LogP contribution is 2.17. The molecule has 0 aliphatic rings. The van der Waals surface area contributed by atoms with E-state index in [1.807, 2.05) is 41.8 Å². The quantitative estimate of drug-likeness (QED) is 0.727. The Balaban J connectivity index is 1.74. The number of thiophene rings is 1. The van der Waals surface area contributed by atoms with Gasteiger partial charge in [-0.1, -0.05) is 36.4 Å². The van der Waals surface area contributed by atoms with Gasteiger partial charge in [0.1, 0.15) is 6.10 Å². The molecule has 1 unspecified atom stereocenters. The van der Waals surface area contributed by atoms with Gasteiger partial charge in [-0.25, -0.2) is 0 Å². The van der Waals surface area contributed by atoms with E-state index in [9.17, 15) is 14.7 Å². The predicted molar refractivity (Wildman–Crippen MR) is 80.6 cm³/mol. The Kier molecular flexibility index (Phi) is 5.48. The van der Waals surface area contributed by atoms with Crippen LogP contribution in [-0.4, -0.2) is 23.5 Å². The monoisotopic (exact) mass is 304 g/mol. The van der Waals surface area contributed by atoms with E-state index in [4.69, 9.17) is 0 Å². The molecule has 0 radical (unpaired) electrons. The summed E-state index contributed by atoms with van der Waals surface area (Å²) < 4.78 is 0. The molecule has 1 aromatic heterocycles. The smallest absolute Gasteiger partial charge is 0.309 e. The Hall–Kier alpha value is -2.18. The molecule has 0 saturated heterocycles. The normalized spacial score (nSPS) is 11.7. The first-order valence-electron chi connectivity index (χ1n) is 6.48. The van der Waals surface area contributed by atoms with Crippen molar-refractivity contribution in [2.75, 3.05) is 6.54 Å². The molecule has 6 heteroatoms. The topological polar surface area (TPSA) is 78.4 Å².